The van der Waals surface area contributed by atoms with Crippen molar-refractivity contribution in [3.63, 3.8) is 0 Å². The second-order valence-corrected chi connectivity index (χ2v) is 1.90. The lowest BCUT2D eigenvalue weighted by Gasteiger charge is -2.12. The fourth-order valence-corrected chi connectivity index (χ4v) is 0.646. The minimum atomic E-state index is 0.628. The van der Waals surface area contributed by atoms with Crippen LogP contribution in [0.4, 0.5) is 0 Å². The van der Waals surface area contributed by atoms with Crippen molar-refractivity contribution < 1.29 is 4.79 Å². The maximum atomic E-state index is 9.77. The van der Waals surface area contributed by atoms with Gasteiger partial charge in [0, 0.05) is 0 Å². The fraction of sp³-hybridized carbons (Fsp3) is 0.625. The minimum Gasteiger partial charge on any atom is -0.293 e. The van der Waals surface area contributed by atoms with E-state index in [0.29, 0.717) is 12.8 Å². The zero-order chi connectivity index (χ0) is 7.82. The van der Waals surface area contributed by atoms with E-state index in [4.69, 9.17) is 0 Å². The first-order chi connectivity index (χ1) is 4.85. The van der Waals surface area contributed by atoms with Gasteiger partial charge in [-0.15, -0.1) is 0 Å². The van der Waals surface area contributed by atoms with Gasteiger partial charge in [0.25, 0.3) is 0 Å². The number of carbonyl (C=O) groups is 1. The third-order valence-electron chi connectivity index (χ3n) is 1.36. The number of carbonyl (C=O) groups excluding carboxylic acids is 1. The Kier molecular flexibility index (Phi) is 5.80. The van der Waals surface area contributed by atoms with Crippen LogP contribution in [0.5, 0.6) is 0 Å². The second kappa shape index (κ2) is 6.31. The highest BCUT2D eigenvalue weighted by atomic mass is 16.1. The third kappa shape index (κ3) is 4.11. The van der Waals surface area contributed by atoms with Crippen LogP contribution in [0.3, 0.4) is 0 Å². The molecule has 0 saturated carbocycles. The van der Waals surface area contributed by atoms with Gasteiger partial charge in [-0.2, -0.15) is 0 Å². The molecule has 10 heavy (non-hydrogen) atoms. The first-order valence-electron chi connectivity index (χ1n) is 3.49. The number of nitrogens with zero attached hydrogens (tertiary/aromatic N) is 1. The van der Waals surface area contributed by atoms with E-state index in [1.54, 1.807) is 0 Å². The smallest absolute Gasteiger partial charge is 0.192 e. The van der Waals surface area contributed by atoms with Crippen molar-refractivity contribution in [1.29, 1.82) is 0 Å². The summed E-state index contributed by atoms with van der Waals surface area (Å²) in [4.78, 5) is 11.9. The first kappa shape index (κ1) is 9.19. The molecule has 0 rings (SSSR count). The second-order valence-electron chi connectivity index (χ2n) is 1.90. The average molecular weight is 139 g/mol. The molecule has 2 nitrogen and oxygen atoms in total. The van der Waals surface area contributed by atoms with E-state index >= 15 is 0 Å². The van der Waals surface area contributed by atoms with Crippen LogP contribution in [0.25, 0.3) is 0 Å². The molecule has 0 fully saturated rings. The molecule has 56 valence electrons. The van der Waals surface area contributed by atoms with E-state index in [1.165, 1.54) is 0 Å². The number of rotatable bonds is 3. The van der Waals surface area contributed by atoms with E-state index in [-0.39, 0.29) is 0 Å². The van der Waals surface area contributed by atoms with Gasteiger partial charge in [0.1, 0.15) is 0 Å². The summed E-state index contributed by atoms with van der Waals surface area (Å²) in [6.07, 6.45) is 0.628. The lowest BCUT2D eigenvalue weighted by molar-refractivity contribution is -0.103. The molecule has 0 aliphatic heterocycles. The normalized spacial score (nSPS) is 8.70. The van der Waals surface area contributed by atoms with Crippen molar-refractivity contribution in [3.05, 3.63) is 0 Å². The van der Waals surface area contributed by atoms with Crippen LogP contribution in [0.2, 0.25) is 0 Å². The molecule has 0 aliphatic carbocycles. The molecular formula is C8H13NO. The van der Waals surface area contributed by atoms with Gasteiger partial charge in [-0.25, -0.2) is 0 Å². The zero-order valence-corrected chi connectivity index (χ0v) is 6.55. The minimum absolute atomic E-state index is 0.628. The molecule has 0 aromatic heterocycles. The van der Waals surface area contributed by atoms with Gasteiger partial charge >= 0.3 is 0 Å². The summed E-state index contributed by atoms with van der Waals surface area (Å²) in [5.41, 5.74) is 0. The molecule has 0 saturated heterocycles. The monoisotopic (exact) mass is 139 g/mol. The quantitative estimate of drug-likeness (QED) is 0.420. The van der Waals surface area contributed by atoms with Crippen LogP contribution >= 0.6 is 0 Å². The standard InChI is InChI=1S/C8H13NO/c1-3-9(4-2)7-5-6-8-10/h8H,3-4,7H2,1-2H3. The summed E-state index contributed by atoms with van der Waals surface area (Å²) in [5.74, 6) is 5.12. The van der Waals surface area contributed by atoms with Gasteiger partial charge in [-0.05, 0) is 19.0 Å². The Bertz CT molecular complexity index is 139. The molecule has 0 heterocycles. The van der Waals surface area contributed by atoms with Crippen LogP contribution in [0.15, 0.2) is 0 Å². The predicted octanol–water partition coefficient (Wildman–Crippen LogP) is 0.530. The van der Waals surface area contributed by atoms with Gasteiger partial charge < -0.3 is 0 Å². The molecular weight excluding hydrogens is 126 g/mol. The van der Waals surface area contributed by atoms with Crippen LogP contribution in [0.1, 0.15) is 13.8 Å². The lowest BCUT2D eigenvalue weighted by atomic mass is 10.4. The summed E-state index contributed by atoms with van der Waals surface area (Å²) in [5, 5.41) is 0. The van der Waals surface area contributed by atoms with E-state index in [9.17, 15) is 4.79 Å². The maximum Gasteiger partial charge on any atom is 0.192 e. The highest BCUT2D eigenvalue weighted by molar-refractivity contribution is 5.72. The van der Waals surface area contributed by atoms with Gasteiger partial charge in [0.05, 0.1) is 6.54 Å². The largest absolute Gasteiger partial charge is 0.293 e. The highest BCUT2D eigenvalue weighted by Gasteiger charge is 1.92. The van der Waals surface area contributed by atoms with E-state index in [2.05, 4.69) is 30.6 Å². The molecule has 0 aromatic rings. The number of hydrogen-bond acceptors (Lipinski definition) is 2. The van der Waals surface area contributed by atoms with Crippen molar-refractivity contribution in [2.75, 3.05) is 19.6 Å². The van der Waals surface area contributed by atoms with Crippen LogP contribution in [0, 0.1) is 11.8 Å². The first-order valence-corrected chi connectivity index (χ1v) is 3.49. The summed E-state index contributed by atoms with van der Waals surface area (Å²) in [6.45, 7) is 6.83. The number of hydrogen-bond donors (Lipinski definition) is 0. The molecule has 0 aromatic carbocycles. The van der Waals surface area contributed by atoms with E-state index < -0.39 is 0 Å². The molecule has 0 amide bonds. The Hall–Kier alpha value is -0.810. The van der Waals surface area contributed by atoms with E-state index in [1.807, 2.05) is 0 Å². The van der Waals surface area contributed by atoms with Crippen molar-refractivity contribution in [2.24, 2.45) is 0 Å². The summed E-state index contributed by atoms with van der Waals surface area (Å²) in [6, 6.07) is 0. The van der Waals surface area contributed by atoms with Crippen molar-refractivity contribution in [2.45, 2.75) is 13.8 Å². The molecule has 0 aliphatic rings. The maximum absolute atomic E-state index is 9.77. The Morgan fingerprint density at radius 2 is 2.00 bits per heavy atom. The number of aldehydes is 1. The van der Waals surface area contributed by atoms with Crippen molar-refractivity contribution >= 4 is 6.29 Å². The molecule has 0 spiro atoms. The zero-order valence-electron chi connectivity index (χ0n) is 6.55. The summed E-state index contributed by atoms with van der Waals surface area (Å²) >= 11 is 0. The van der Waals surface area contributed by atoms with Gasteiger partial charge in [-0.3, -0.25) is 9.69 Å². The molecule has 0 bridgehead atoms. The van der Waals surface area contributed by atoms with E-state index in [0.717, 1.165) is 13.1 Å². The Labute approximate surface area is 62.2 Å². The molecule has 0 unspecified atom stereocenters. The Morgan fingerprint density at radius 1 is 1.40 bits per heavy atom. The van der Waals surface area contributed by atoms with Crippen molar-refractivity contribution in [1.82, 2.24) is 4.90 Å². The topological polar surface area (TPSA) is 20.3 Å². The molecule has 0 atom stereocenters. The van der Waals surface area contributed by atoms with Crippen LogP contribution in [-0.2, 0) is 4.79 Å². The predicted molar refractivity (Wildman–Crippen MR) is 41.6 cm³/mol. The van der Waals surface area contributed by atoms with Gasteiger partial charge in [0.15, 0.2) is 6.29 Å². The SMILES string of the molecule is CCN(CC)CC#CC=O. The van der Waals surface area contributed by atoms with Crippen LogP contribution in [-0.4, -0.2) is 30.8 Å². The highest BCUT2D eigenvalue weighted by Crippen LogP contribution is 1.82. The summed E-state index contributed by atoms with van der Waals surface area (Å²) in [7, 11) is 0. The van der Waals surface area contributed by atoms with Gasteiger partial charge in [-0.1, -0.05) is 19.8 Å². The fourth-order valence-electron chi connectivity index (χ4n) is 0.646. The molecule has 0 radical (unpaired) electrons. The average Bonchev–Trinajstić information content (AvgIpc) is 1.99. The van der Waals surface area contributed by atoms with Crippen LogP contribution < -0.4 is 0 Å². The van der Waals surface area contributed by atoms with Crippen molar-refractivity contribution in [3.8, 4) is 11.8 Å². The Morgan fingerprint density at radius 3 is 2.40 bits per heavy atom. The van der Waals surface area contributed by atoms with Gasteiger partial charge in [0.2, 0.25) is 0 Å². The molecule has 2 heteroatoms. The molecule has 0 N–H and O–H groups in total. The summed E-state index contributed by atoms with van der Waals surface area (Å²) < 4.78 is 0. The Balaban J connectivity index is 3.52. The lowest BCUT2D eigenvalue weighted by Crippen LogP contribution is -2.22. The third-order valence-corrected chi connectivity index (χ3v) is 1.36.